The summed E-state index contributed by atoms with van der Waals surface area (Å²) in [5.41, 5.74) is 0. The molecule has 0 amide bonds. The molecule has 1 heterocycles. The van der Waals surface area contributed by atoms with E-state index in [4.69, 9.17) is 27.9 Å². The quantitative estimate of drug-likeness (QED) is 0.627. The van der Waals surface area contributed by atoms with Crippen LogP contribution in [0.15, 0.2) is 0 Å². The van der Waals surface area contributed by atoms with Gasteiger partial charge in [-0.15, -0.1) is 0 Å². The van der Waals surface area contributed by atoms with E-state index < -0.39 is 11.1 Å². The molecule has 5 heteroatoms. The smallest absolute Gasteiger partial charge is 0.209 e. The molecule has 1 aliphatic heterocycles. The number of ether oxygens (including phenoxy) is 1. The van der Waals surface area contributed by atoms with Crippen molar-refractivity contribution in [2.24, 2.45) is 0 Å². The van der Waals surface area contributed by atoms with Crippen LogP contribution in [0.5, 0.6) is 0 Å². The molecule has 0 aromatic heterocycles. The molecule has 0 spiro atoms. The molecular formula is C5H7Cl2NO2. The zero-order valence-electron chi connectivity index (χ0n) is 5.14. The number of hydrogen-bond donors (Lipinski definition) is 1. The van der Waals surface area contributed by atoms with Crippen LogP contribution in [-0.2, 0) is 9.53 Å². The van der Waals surface area contributed by atoms with Crippen LogP contribution in [-0.4, -0.2) is 30.0 Å². The monoisotopic (exact) mass is 183 g/mol. The molecule has 1 N–H and O–H groups in total. The van der Waals surface area contributed by atoms with Crippen LogP contribution >= 0.6 is 23.2 Å². The van der Waals surface area contributed by atoms with Crippen molar-refractivity contribution in [1.29, 1.82) is 0 Å². The molecule has 58 valence electrons. The van der Waals surface area contributed by atoms with Crippen molar-refractivity contribution in [1.82, 2.24) is 5.32 Å². The second-order valence-corrected chi connectivity index (χ2v) is 3.00. The van der Waals surface area contributed by atoms with Crippen LogP contribution in [0, 0.1) is 0 Å². The lowest BCUT2D eigenvalue weighted by Gasteiger charge is -2.07. The number of nitrogens with one attached hydrogen (secondary N) is 1. The largest absolute Gasteiger partial charge is 0.355 e. The summed E-state index contributed by atoms with van der Waals surface area (Å²) >= 11 is 10.6. The highest BCUT2D eigenvalue weighted by atomic mass is 35.5. The maximum absolute atomic E-state index is 10.9. The molecule has 0 saturated carbocycles. The SMILES string of the molecule is O=C(C(Cl)Cl)C1NCCO1. The highest BCUT2D eigenvalue weighted by molar-refractivity contribution is 6.54. The number of Topliss-reactive ketones (excluding diaryl/α,β-unsaturated/α-hetero) is 1. The average molecular weight is 184 g/mol. The molecule has 0 aromatic rings. The summed E-state index contributed by atoms with van der Waals surface area (Å²) in [5.74, 6) is -0.319. The molecule has 0 radical (unpaired) electrons. The Bertz CT molecular complexity index is 134. The van der Waals surface area contributed by atoms with E-state index in [1.165, 1.54) is 0 Å². The molecule has 0 bridgehead atoms. The van der Waals surface area contributed by atoms with E-state index in [-0.39, 0.29) is 5.78 Å². The Morgan fingerprint density at radius 3 is 2.80 bits per heavy atom. The van der Waals surface area contributed by atoms with Gasteiger partial charge in [-0.3, -0.25) is 10.1 Å². The van der Waals surface area contributed by atoms with Crippen molar-refractivity contribution in [3.05, 3.63) is 0 Å². The summed E-state index contributed by atoms with van der Waals surface area (Å²) in [6, 6.07) is 0. The second kappa shape index (κ2) is 3.53. The lowest BCUT2D eigenvalue weighted by Crippen LogP contribution is -2.35. The maximum Gasteiger partial charge on any atom is 0.209 e. The fraction of sp³-hybridized carbons (Fsp3) is 0.800. The number of hydrogen-bond acceptors (Lipinski definition) is 3. The zero-order valence-corrected chi connectivity index (χ0v) is 6.65. The number of rotatable bonds is 2. The van der Waals surface area contributed by atoms with Crippen molar-refractivity contribution in [2.45, 2.75) is 11.1 Å². The number of ketones is 1. The lowest BCUT2D eigenvalue weighted by atomic mass is 10.4. The van der Waals surface area contributed by atoms with Gasteiger partial charge in [0.2, 0.25) is 5.78 Å². The van der Waals surface area contributed by atoms with Crippen molar-refractivity contribution in [2.75, 3.05) is 13.2 Å². The van der Waals surface area contributed by atoms with E-state index in [1.807, 2.05) is 0 Å². The second-order valence-electron chi connectivity index (χ2n) is 1.91. The van der Waals surface area contributed by atoms with Crippen molar-refractivity contribution in [3.8, 4) is 0 Å². The van der Waals surface area contributed by atoms with Gasteiger partial charge >= 0.3 is 0 Å². The van der Waals surface area contributed by atoms with Gasteiger partial charge < -0.3 is 4.74 Å². The summed E-state index contributed by atoms with van der Waals surface area (Å²) < 4.78 is 4.95. The lowest BCUT2D eigenvalue weighted by molar-refractivity contribution is -0.127. The van der Waals surface area contributed by atoms with Crippen LogP contribution in [0.25, 0.3) is 0 Å². The van der Waals surface area contributed by atoms with Crippen molar-refractivity contribution < 1.29 is 9.53 Å². The average Bonchev–Trinajstić information content (AvgIpc) is 2.36. The molecule has 10 heavy (non-hydrogen) atoms. The van der Waals surface area contributed by atoms with Gasteiger partial charge in [0.1, 0.15) is 0 Å². The highest BCUT2D eigenvalue weighted by Crippen LogP contribution is 2.08. The molecule has 1 unspecified atom stereocenters. The Kier molecular flexibility index (Phi) is 2.92. The third-order valence-corrected chi connectivity index (χ3v) is 1.62. The van der Waals surface area contributed by atoms with Crippen molar-refractivity contribution in [3.63, 3.8) is 0 Å². The Balaban J connectivity index is 2.40. The summed E-state index contributed by atoms with van der Waals surface area (Å²) in [6.45, 7) is 1.22. The highest BCUT2D eigenvalue weighted by Gasteiger charge is 2.27. The minimum absolute atomic E-state index is 0.319. The molecule has 1 fully saturated rings. The van der Waals surface area contributed by atoms with Gasteiger partial charge in [-0.05, 0) is 0 Å². The number of carbonyl (C=O) groups excluding carboxylic acids is 1. The Morgan fingerprint density at radius 2 is 2.40 bits per heavy atom. The van der Waals surface area contributed by atoms with Crippen LogP contribution in [0.4, 0.5) is 0 Å². The van der Waals surface area contributed by atoms with Gasteiger partial charge in [-0.1, -0.05) is 23.2 Å². The van der Waals surface area contributed by atoms with E-state index in [2.05, 4.69) is 5.32 Å². The maximum atomic E-state index is 10.9. The fourth-order valence-electron chi connectivity index (χ4n) is 0.723. The molecular weight excluding hydrogens is 177 g/mol. The van der Waals surface area contributed by atoms with E-state index in [0.717, 1.165) is 0 Å². The summed E-state index contributed by atoms with van der Waals surface area (Å²) in [6.07, 6.45) is -0.597. The van der Waals surface area contributed by atoms with Gasteiger partial charge in [0.25, 0.3) is 0 Å². The minimum atomic E-state index is -0.990. The standard InChI is InChI=1S/C5H7Cl2NO2/c6-4(7)3(9)5-8-1-2-10-5/h4-5,8H,1-2H2. The Labute approximate surface area is 68.6 Å². The number of carbonyl (C=O) groups is 1. The number of alkyl halides is 2. The molecule has 0 aliphatic carbocycles. The van der Waals surface area contributed by atoms with Gasteiger partial charge in [0, 0.05) is 6.54 Å². The summed E-state index contributed by atoms with van der Waals surface area (Å²) in [4.78, 5) is 9.90. The third-order valence-electron chi connectivity index (χ3n) is 1.19. The van der Waals surface area contributed by atoms with E-state index in [0.29, 0.717) is 13.2 Å². The van der Waals surface area contributed by atoms with Gasteiger partial charge in [-0.2, -0.15) is 0 Å². The molecule has 1 aliphatic rings. The van der Waals surface area contributed by atoms with Gasteiger partial charge in [0.15, 0.2) is 11.1 Å². The molecule has 1 rings (SSSR count). The molecule has 1 atom stereocenters. The predicted molar refractivity (Wildman–Crippen MR) is 38.2 cm³/mol. The van der Waals surface area contributed by atoms with Gasteiger partial charge in [0.05, 0.1) is 6.61 Å². The van der Waals surface area contributed by atoms with Crippen LogP contribution in [0.1, 0.15) is 0 Å². The predicted octanol–water partition coefficient (Wildman–Crippen LogP) is 0.305. The van der Waals surface area contributed by atoms with Crippen LogP contribution in [0.2, 0.25) is 0 Å². The Morgan fingerprint density at radius 1 is 1.70 bits per heavy atom. The van der Waals surface area contributed by atoms with Crippen molar-refractivity contribution >= 4 is 29.0 Å². The minimum Gasteiger partial charge on any atom is -0.355 e. The third kappa shape index (κ3) is 1.83. The zero-order chi connectivity index (χ0) is 7.56. The molecule has 0 aromatic carbocycles. The van der Waals surface area contributed by atoms with E-state index in [1.54, 1.807) is 0 Å². The fourth-order valence-corrected chi connectivity index (χ4v) is 0.952. The summed E-state index contributed by atoms with van der Waals surface area (Å²) in [5, 5.41) is 2.80. The normalized spacial score (nSPS) is 25.7. The molecule has 3 nitrogen and oxygen atoms in total. The topological polar surface area (TPSA) is 38.3 Å². The number of halogens is 2. The molecule has 1 saturated heterocycles. The first-order valence-electron chi connectivity index (χ1n) is 2.88. The van der Waals surface area contributed by atoms with Crippen LogP contribution in [0.3, 0.4) is 0 Å². The van der Waals surface area contributed by atoms with E-state index >= 15 is 0 Å². The Hall–Kier alpha value is 0.170. The van der Waals surface area contributed by atoms with E-state index in [9.17, 15) is 4.79 Å². The first-order chi connectivity index (χ1) is 4.72. The van der Waals surface area contributed by atoms with Crippen LogP contribution < -0.4 is 5.32 Å². The first kappa shape index (κ1) is 8.27. The summed E-state index contributed by atoms with van der Waals surface area (Å²) in [7, 11) is 0. The van der Waals surface area contributed by atoms with Gasteiger partial charge in [-0.25, -0.2) is 0 Å². The first-order valence-corrected chi connectivity index (χ1v) is 3.76.